The van der Waals surface area contributed by atoms with Crippen LogP contribution in [0.2, 0.25) is 0 Å². The van der Waals surface area contributed by atoms with Gasteiger partial charge in [0.2, 0.25) is 10.0 Å². The number of aliphatic hydroxyl groups is 1. The van der Waals surface area contributed by atoms with Crippen molar-refractivity contribution in [2.45, 2.75) is 70.2 Å². The second kappa shape index (κ2) is 8.67. The Kier molecular flexibility index (Phi) is 6.70. The average molecular weight is 445 g/mol. The van der Waals surface area contributed by atoms with Crippen LogP contribution in [0.1, 0.15) is 45.7 Å². The third-order valence-electron chi connectivity index (χ3n) is 6.23. The molecule has 0 bridgehead atoms. The van der Waals surface area contributed by atoms with E-state index in [1.165, 1.54) is 4.31 Å². The summed E-state index contributed by atoms with van der Waals surface area (Å²) in [4.78, 5) is 0.215. The second-order valence-electron chi connectivity index (χ2n) is 9.22. The Hall–Kier alpha value is -1.71. The average Bonchev–Trinajstić information content (AvgIpc) is 2.93. The molecule has 31 heavy (non-hydrogen) atoms. The van der Waals surface area contributed by atoms with Gasteiger partial charge in [-0.2, -0.15) is 4.31 Å². The molecule has 1 saturated heterocycles. The first-order valence-corrected chi connectivity index (χ1v) is 12.0. The summed E-state index contributed by atoms with van der Waals surface area (Å²) in [5.74, 6) is 0. The summed E-state index contributed by atoms with van der Waals surface area (Å²) in [5, 5.41) is 9.68. The van der Waals surface area contributed by atoms with Crippen LogP contribution in [0.3, 0.4) is 0 Å². The van der Waals surface area contributed by atoms with Gasteiger partial charge in [-0.3, -0.25) is 0 Å². The van der Waals surface area contributed by atoms with Crippen molar-refractivity contribution in [1.82, 2.24) is 4.31 Å². The predicted octanol–water partition coefficient (Wildman–Crippen LogP) is 2.87. The third kappa shape index (κ3) is 4.88. The molecule has 1 atom stereocenters. The molecule has 0 aromatic heterocycles. The number of hydrogen-bond donors (Lipinski definition) is 1. The number of rotatable bonds is 7. The molecule has 2 aromatic rings. The van der Waals surface area contributed by atoms with Crippen LogP contribution in [0.4, 0.5) is 0 Å². The minimum atomic E-state index is -3.76. The summed E-state index contributed by atoms with van der Waals surface area (Å²) in [5.41, 5.74) is 1.83. The molecule has 0 radical (unpaired) electrons. The molecule has 168 valence electrons. The van der Waals surface area contributed by atoms with Crippen LogP contribution in [0.25, 0.3) is 0 Å². The van der Waals surface area contributed by atoms with E-state index in [0.717, 1.165) is 16.6 Å². The fraction of sp³-hybridized carbons (Fsp3) is 0.478. The molecule has 6 nitrogen and oxygen atoms in total. The number of hydrogen-bond acceptors (Lipinski definition) is 5. The number of sulfonamides is 1. The maximum absolute atomic E-state index is 13.2. The van der Waals surface area contributed by atoms with Crippen molar-refractivity contribution >= 4 is 22.6 Å². The van der Waals surface area contributed by atoms with Gasteiger partial charge in [-0.15, -0.1) is 0 Å². The normalized spacial score (nSPS) is 19.0. The van der Waals surface area contributed by atoms with Crippen LogP contribution in [0.15, 0.2) is 53.4 Å². The van der Waals surface area contributed by atoms with E-state index in [1.807, 2.05) is 58.9 Å². The maximum atomic E-state index is 13.2. The quantitative estimate of drug-likeness (QED) is 0.664. The Morgan fingerprint density at radius 1 is 0.968 bits per heavy atom. The zero-order valence-corrected chi connectivity index (χ0v) is 19.9. The van der Waals surface area contributed by atoms with Crippen LogP contribution in [-0.2, 0) is 25.9 Å². The van der Waals surface area contributed by atoms with Gasteiger partial charge in [0.05, 0.1) is 22.7 Å². The highest BCUT2D eigenvalue weighted by molar-refractivity contribution is 7.89. The van der Waals surface area contributed by atoms with Crippen LogP contribution < -0.4 is 5.46 Å². The molecule has 3 rings (SSSR count). The first kappa shape index (κ1) is 23.9. The monoisotopic (exact) mass is 445 g/mol. The van der Waals surface area contributed by atoms with Crippen molar-refractivity contribution < 1.29 is 22.8 Å². The minimum absolute atomic E-state index is 0.154. The zero-order chi connectivity index (χ0) is 23.0. The van der Waals surface area contributed by atoms with Gasteiger partial charge in [-0.1, -0.05) is 42.0 Å². The van der Waals surface area contributed by atoms with Gasteiger partial charge < -0.3 is 14.4 Å². The second-order valence-corrected chi connectivity index (χ2v) is 11.1. The van der Waals surface area contributed by atoms with Crippen molar-refractivity contribution in [3.8, 4) is 0 Å². The first-order valence-electron chi connectivity index (χ1n) is 10.5. The van der Waals surface area contributed by atoms with E-state index in [2.05, 4.69) is 0 Å². The first-order chi connectivity index (χ1) is 14.4. The van der Waals surface area contributed by atoms with Crippen molar-refractivity contribution in [3.63, 3.8) is 0 Å². The van der Waals surface area contributed by atoms with Gasteiger partial charge in [-0.25, -0.2) is 8.42 Å². The van der Waals surface area contributed by atoms with E-state index in [-0.39, 0.29) is 18.0 Å². The molecule has 1 aliphatic rings. The Balaban J connectivity index is 1.82. The minimum Gasteiger partial charge on any atom is -0.399 e. The summed E-state index contributed by atoms with van der Waals surface area (Å²) < 4.78 is 40.0. The van der Waals surface area contributed by atoms with Gasteiger partial charge in [-0.05, 0) is 64.7 Å². The standard InChI is InChI=1S/C23H32BNO5S/c1-17-7-13-21(14-8-17)31(27,28)25(18(2)16-26)15-19-9-11-20(12-10-19)24-29-22(3,4)23(5,6)30-24/h7-14,18,26H,15-16H2,1-6H3/t18-/m1/s1. The van der Waals surface area contributed by atoms with Crippen molar-refractivity contribution in [3.05, 3.63) is 59.7 Å². The van der Waals surface area contributed by atoms with Crippen LogP contribution in [0.5, 0.6) is 0 Å². The molecule has 1 aliphatic heterocycles. The Labute approximate surface area is 186 Å². The van der Waals surface area contributed by atoms with Crippen LogP contribution in [-0.4, -0.2) is 48.8 Å². The molecule has 0 saturated carbocycles. The SMILES string of the molecule is Cc1ccc(S(=O)(=O)N(Cc2ccc(B3OC(C)(C)C(C)(C)O3)cc2)[C@H](C)CO)cc1. The summed E-state index contributed by atoms with van der Waals surface area (Å²) in [6.07, 6.45) is 0. The fourth-order valence-electron chi connectivity index (χ4n) is 3.35. The lowest BCUT2D eigenvalue weighted by molar-refractivity contribution is 0.00578. The molecule has 2 aromatic carbocycles. The lowest BCUT2D eigenvalue weighted by Gasteiger charge is -2.32. The van der Waals surface area contributed by atoms with Gasteiger partial charge in [0, 0.05) is 12.6 Å². The van der Waals surface area contributed by atoms with Gasteiger partial charge in [0.1, 0.15) is 0 Å². The van der Waals surface area contributed by atoms with Gasteiger partial charge in [0.15, 0.2) is 0 Å². The molecular weight excluding hydrogens is 413 g/mol. The predicted molar refractivity (Wildman–Crippen MR) is 123 cm³/mol. The number of benzene rings is 2. The molecule has 0 amide bonds. The number of nitrogens with zero attached hydrogens (tertiary/aromatic N) is 1. The van der Waals surface area contributed by atoms with E-state index in [4.69, 9.17) is 9.31 Å². The largest absolute Gasteiger partial charge is 0.494 e. The van der Waals surface area contributed by atoms with E-state index in [9.17, 15) is 13.5 Å². The molecule has 8 heteroatoms. The highest BCUT2D eigenvalue weighted by atomic mass is 32.2. The van der Waals surface area contributed by atoms with Gasteiger partial charge >= 0.3 is 7.12 Å². The lowest BCUT2D eigenvalue weighted by Crippen LogP contribution is -2.41. The van der Waals surface area contributed by atoms with Crippen LogP contribution in [0, 0.1) is 6.92 Å². The Bertz CT molecular complexity index is 987. The molecule has 0 aliphatic carbocycles. The number of aryl methyl sites for hydroxylation is 1. The van der Waals surface area contributed by atoms with E-state index in [0.29, 0.717) is 0 Å². The topological polar surface area (TPSA) is 76.1 Å². The maximum Gasteiger partial charge on any atom is 0.494 e. The van der Waals surface area contributed by atoms with Crippen molar-refractivity contribution in [1.29, 1.82) is 0 Å². The van der Waals surface area contributed by atoms with Crippen molar-refractivity contribution in [2.75, 3.05) is 6.61 Å². The molecule has 1 fully saturated rings. The van der Waals surface area contributed by atoms with Crippen molar-refractivity contribution in [2.24, 2.45) is 0 Å². The van der Waals surface area contributed by atoms with Gasteiger partial charge in [0.25, 0.3) is 0 Å². The molecular formula is C23H32BNO5S. The lowest BCUT2D eigenvalue weighted by atomic mass is 9.79. The molecule has 0 spiro atoms. The molecule has 1 heterocycles. The van der Waals surface area contributed by atoms with E-state index >= 15 is 0 Å². The summed E-state index contributed by atoms with van der Waals surface area (Å²) in [6.45, 7) is 11.5. The summed E-state index contributed by atoms with van der Waals surface area (Å²) >= 11 is 0. The fourth-order valence-corrected chi connectivity index (χ4v) is 4.96. The summed E-state index contributed by atoms with van der Waals surface area (Å²) in [7, 11) is -4.23. The van der Waals surface area contributed by atoms with E-state index < -0.39 is 34.4 Å². The Morgan fingerprint density at radius 2 is 1.48 bits per heavy atom. The summed E-state index contributed by atoms with van der Waals surface area (Å²) in [6, 6.07) is 13.7. The van der Waals surface area contributed by atoms with Crippen LogP contribution >= 0.6 is 0 Å². The Morgan fingerprint density at radius 3 is 1.97 bits per heavy atom. The smallest absolute Gasteiger partial charge is 0.399 e. The van der Waals surface area contributed by atoms with E-state index in [1.54, 1.807) is 31.2 Å². The third-order valence-corrected chi connectivity index (χ3v) is 8.20. The highest BCUT2D eigenvalue weighted by Gasteiger charge is 2.51. The highest BCUT2D eigenvalue weighted by Crippen LogP contribution is 2.36. The molecule has 0 unspecified atom stereocenters. The zero-order valence-electron chi connectivity index (χ0n) is 19.1. The number of aliphatic hydroxyl groups excluding tert-OH is 1. The molecule has 1 N–H and O–H groups in total.